The molecule has 0 aliphatic carbocycles. The molecule has 1 N–H and O–H groups in total. The van der Waals surface area contributed by atoms with Crippen molar-refractivity contribution in [2.24, 2.45) is 5.92 Å². The van der Waals surface area contributed by atoms with Crippen LogP contribution in [0.2, 0.25) is 0 Å². The number of carbonyl (C=O) groups excluding carboxylic acids is 1. The Bertz CT molecular complexity index is 583. The van der Waals surface area contributed by atoms with Gasteiger partial charge in [-0.2, -0.15) is 0 Å². The summed E-state index contributed by atoms with van der Waals surface area (Å²) in [6.07, 6.45) is 2.67. The fourth-order valence-electron chi connectivity index (χ4n) is 2.70. The molecule has 3 heteroatoms. The minimum atomic E-state index is -0.0966. The molecular weight excluding hydrogens is 298 g/mol. The van der Waals surface area contributed by atoms with Gasteiger partial charge < -0.3 is 10.1 Å². The van der Waals surface area contributed by atoms with Crippen LogP contribution >= 0.6 is 0 Å². The third-order valence-corrected chi connectivity index (χ3v) is 4.07. The highest BCUT2D eigenvalue weighted by Gasteiger charge is 2.19. The van der Waals surface area contributed by atoms with E-state index in [0.29, 0.717) is 13.2 Å². The fourth-order valence-corrected chi connectivity index (χ4v) is 2.70. The first-order valence-electron chi connectivity index (χ1n) is 8.74. The number of benzene rings is 2. The average Bonchev–Trinajstić information content (AvgIpc) is 2.63. The van der Waals surface area contributed by atoms with Crippen molar-refractivity contribution in [1.82, 2.24) is 5.32 Å². The monoisotopic (exact) mass is 325 g/mol. The molecule has 0 amide bonds. The third kappa shape index (κ3) is 6.55. The first kappa shape index (κ1) is 18.2. The van der Waals surface area contributed by atoms with E-state index in [-0.39, 0.29) is 11.9 Å². The topological polar surface area (TPSA) is 38.3 Å². The molecule has 0 fully saturated rings. The highest BCUT2D eigenvalue weighted by Crippen LogP contribution is 2.11. The van der Waals surface area contributed by atoms with E-state index in [1.807, 2.05) is 31.2 Å². The van der Waals surface area contributed by atoms with Gasteiger partial charge in [0.15, 0.2) is 0 Å². The van der Waals surface area contributed by atoms with Crippen molar-refractivity contribution in [1.29, 1.82) is 0 Å². The van der Waals surface area contributed by atoms with Gasteiger partial charge in [0.1, 0.15) is 0 Å². The molecule has 1 atom stereocenters. The maximum atomic E-state index is 12.2. The Labute approximate surface area is 145 Å². The summed E-state index contributed by atoms with van der Waals surface area (Å²) >= 11 is 0. The van der Waals surface area contributed by atoms with Crippen molar-refractivity contribution in [3.63, 3.8) is 0 Å². The number of hydrogen-bond donors (Lipinski definition) is 1. The molecule has 0 bridgehead atoms. The van der Waals surface area contributed by atoms with E-state index >= 15 is 0 Å². The summed E-state index contributed by atoms with van der Waals surface area (Å²) in [5, 5.41) is 3.41. The van der Waals surface area contributed by atoms with Gasteiger partial charge in [0.05, 0.1) is 12.5 Å². The van der Waals surface area contributed by atoms with Crippen molar-refractivity contribution in [2.75, 3.05) is 19.7 Å². The SMILES string of the molecule is CCOC(=O)C(CCc1ccccc1)CNCCc1ccccc1. The first-order valence-corrected chi connectivity index (χ1v) is 8.74. The smallest absolute Gasteiger partial charge is 0.310 e. The van der Waals surface area contributed by atoms with Crippen LogP contribution < -0.4 is 5.32 Å². The van der Waals surface area contributed by atoms with Gasteiger partial charge >= 0.3 is 5.97 Å². The molecular formula is C21H27NO2. The molecule has 0 aliphatic rings. The average molecular weight is 325 g/mol. The van der Waals surface area contributed by atoms with Crippen molar-refractivity contribution in [3.05, 3.63) is 71.8 Å². The van der Waals surface area contributed by atoms with Crippen LogP contribution in [0, 0.1) is 5.92 Å². The Morgan fingerprint density at radius 2 is 1.54 bits per heavy atom. The van der Waals surface area contributed by atoms with Crippen LogP contribution in [0.15, 0.2) is 60.7 Å². The third-order valence-electron chi connectivity index (χ3n) is 4.07. The Balaban J connectivity index is 1.78. The van der Waals surface area contributed by atoms with Crippen LogP contribution in [0.3, 0.4) is 0 Å². The lowest BCUT2D eigenvalue weighted by atomic mass is 9.99. The van der Waals surface area contributed by atoms with Gasteiger partial charge in [0.2, 0.25) is 0 Å². The maximum Gasteiger partial charge on any atom is 0.310 e. The van der Waals surface area contributed by atoms with E-state index < -0.39 is 0 Å². The zero-order chi connectivity index (χ0) is 17.0. The van der Waals surface area contributed by atoms with Gasteiger partial charge in [-0.3, -0.25) is 4.79 Å². The zero-order valence-electron chi connectivity index (χ0n) is 14.4. The molecule has 0 saturated carbocycles. The normalized spacial score (nSPS) is 11.9. The molecule has 0 heterocycles. The number of nitrogens with one attached hydrogen (secondary N) is 1. The molecule has 0 aliphatic heterocycles. The minimum absolute atomic E-state index is 0.0964. The molecule has 0 aromatic heterocycles. The van der Waals surface area contributed by atoms with Crippen molar-refractivity contribution < 1.29 is 9.53 Å². The van der Waals surface area contributed by atoms with Gasteiger partial charge in [-0.15, -0.1) is 0 Å². The number of aryl methyl sites for hydroxylation is 1. The second-order valence-electron chi connectivity index (χ2n) is 5.91. The molecule has 128 valence electrons. The largest absolute Gasteiger partial charge is 0.466 e. The summed E-state index contributed by atoms with van der Waals surface area (Å²) in [5.41, 5.74) is 2.57. The lowest BCUT2D eigenvalue weighted by molar-refractivity contribution is -0.148. The summed E-state index contributed by atoms with van der Waals surface area (Å²) < 4.78 is 5.23. The van der Waals surface area contributed by atoms with E-state index in [1.54, 1.807) is 0 Å². The quantitative estimate of drug-likeness (QED) is 0.535. The van der Waals surface area contributed by atoms with Gasteiger partial charge in [-0.1, -0.05) is 60.7 Å². The van der Waals surface area contributed by atoms with Gasteiger partial charge in [-0.05, 0) is 43.9 Å². The number of hydrogen-bond acceptors (Lipinski definition) is 3. The molecule has 0 saturated heterocycles. The molecule has 0 radical (unpaired) electrons. The first-order chi connectivity index (χ1) is 11.8. The molecule has 2 aromatic rings. The molecule has 0 spiro atoms. The highest BCUT2D eigenvalue weighted by molar-refractivity contribution is 5.72. The van der Waals surface area contributed by atoms with Gasteiger partial charge in [-0.25, -0.2) is 0 Å². The maximum absolute atomic E-state index is 12.2. The Morgan fingerprint density at radius 1 is 0.958 bits per heavy atom. The predicted octanol–water partition coefficient (Wildman–Crippen LogP) is 3.63. The Kier molecular flexibility index (Phi) is 8.05. The Morgan fingerprint density at radius 3 is 2.12 bits per heavy atom. The summed E-state index contributed by atoms with van der Waals surface area (Å²) in [6.45, 7) is 3.82. The summed E-state index contributed by atoms with van der Waals surface area (Å²) in [6, 6.07) is 20.7. The summed E-state index contributed by atoms with van der Waals surface area (Å²) in [7, 11) is 0. The zero-order valence-corrected chi connectivity index (χ0v) is 14.4. The molecule has 1 unspecified atom stereocenters. The summed E-state index contributed by atoms with van der Waals surface area (Å²) in [4.78, 5) is 12.2. The lowest BCUT2D eigenvalue weighted by Gasteiger charge is -2.16. The van der Waals surface area contributed by atoms with Crippen LogP contribution in [0.1, 0.15) is 24.5 Å². The van der Waals surface area contributed by atoms with Crippen LogP contribution in [-0.4, -0.2) is 25.7 Å². The predicted molar refractivity (Wildman–Crippen MR) is 97.9 cm³/mol. The highest BCUT2D eigenvalue weighted by atomic mass is 16.5. The Hall–Kier alpha value is -2.13. The van der Waals surface area contributed by atoms with E-state index in [0.717, 1.165) is 25.8 Å². The van der Waals surface area contributed by atoms with Crippen LogP contribution in [0.5, 0.6) is 0 Å². The number of esters is 1. The minimum Gasteiger partial charge on any atom is -0.466 e. The van der Waals surface area contributed by atoms with Crippen LogP contribution in [0.4, 0.5) is 0 Å². The molecule has 3 nitrogen and oxygen atoms in total. The number of carbonyl (C=O) groups is 1. The van der Waals surface area contributed by atoms with Crippen LogP contribution in [-0.2, 0) is 22.4 Å². The molecule has 24 heavy (non-hydrogen) atoms. The fraction of sp³-hybridized carbons (Fsp3) is 0.381. The van der Waals surface area contributed by atoms with Crippen molar-refractivity contribution in [2.45, 2.75) is 26.2 Å². The van der Waals surface area contributed by atoms with Crippen molar-refractivity contribution >= 4 is 5.97 Å². The molecule has 2 rings (SSSR count). The molecule has 2 aromatic carbocycles. The summed E-state index contributed by atoms with van der Waals surface area (Å²) in [5.74, 6) is -0.193. The van der Waals surface area contributed by atoms with E-state index in [2.05, 4.69) is 41.7 Å². The van der Waals surface area contributed by atoms with Gasteiger partial charge in [0, 0.05) is 6.54 Å². The second-order valence-corrected chi connectivity index (χ2v) is 5.91. The van der Waals surface area contributed by atoms with E-state index in [9.17, 15) is 4.79 Å². The van der Waals surface area contributed by atoms with Gasteiger partial charge in [0.25, 0.3) is 0 Å². The second kappa shape index (κ2) is 10.6. The number of rotatable bonds is 10. The van der Waals surface area contributed by atoms with E-state index in [1.165, 1.54) is 11.1 Å². The lowest BCUT2D eigenvalue weighted by Crippen LogP contribution is -2.31. The standard InChI is InChI=1S/C21H27NO2/c1-2-24-21(23)20(14-13-18-9-5-3-6-10-18)17-22-16-15-19-11-7-4-8-12-19/h3-12,20,22H,2,13-17H2,1H3. The van der Waals surface area contributed by atoms with E-state index in [4.69, 9.17) is 4.74 Å². The number of ether oxygens (including phenoxy) is 1. The van der Waals surface area contributed by atoms with Crippen LogP contribution in [0.25, 0.3) is 0 Å². The van der Waals surface area contributed by atoms with Crippen molar-refractivity contribution in [3.8, 4) is 0 Å².